The second-order valence-corrected chi connectivity index (χ2v) is 4.89. The van der Waals surface area contributed by atoms with Crippen molar-refractivity contribution in [1.82, 2.24) is 14.8 Å². The fourth-order valence-corrected chi connectivity index (χ4v) is 2.04. The number of benzene rings is 1. The van der Waals surface area contributed by atoms with E-state index >= 15 is 0 Å². The lowest BCUT2D eigenvalue weighted by molar-refractivity contribution is 0.603. The molecule has 0 fully saturated rings. The molecule has 0 aliphatic heterocycles. The van der Waals surface area contributed by atoms with Gasteiger partial charge in [0.05, 0.1) is 0 Å². The van der Waals surface area contributed by atoms with Crippen LogP contribution in [0.3, 0.4) is 0 Å². The Bertz CT molecular complexity index is 530. The maximum Gasteiger partial charge on any atom is 0.138 e. The van der Waals surface area contributed by atoms with E-state index in [1.807, 2.05) is 7.05 Å². The van der Waals surface area contributed by atoms with E-state index in [2.05, 4.69) is 42.1 Å². The molecule has 1 atom stereocenters. The molecule has 4 heteroatoms. The molecule has 0 bridgehead atoms. The molecule has 0 saturated carbocycles. The van der Waals surface area contributed by atoms with E-state index in [-0.39, 0.29) is 6.04 Å². The number of hydrogen-bond acceptors (Lipinski definition) is 3. The number of aryl methyl sites for hydroxylation is 3. The quantitative estimate of drug-likeness (QED) is 0.887. The standard InChI is InChI=1S/C14H20N4/c1-10-4-5-12(6-11(10)2)7-13(15)8-14-16-9-17-18(14)3/h4-6,9,13H,7-8,15H2,1-3H3. The van der Waals surface area contributed by atoms with Crippen LogP contribution < -0.4 is 5.73 Å². The number of nitrogens with zero attached hydrogens (tertiary/aromatic N) is 3. The molecule has 0 aliphatic carbocycles. The molecule has 0 amide bonds. The van der Waals surface area contributed by atoms with Crippen molar-refractivity contribution in [3.63, 3.8) is 0 Å². The summed E-state index contributed by atoms with van der Waals surface area (Å²) >= 11 is 0. The molecule has 2 aromatic rings. The summed E-state index contributed by atoms with van der Waals surface area (Å²) in [6.07, 6.45) is 3.19. The molecule has 0 spiro atoms. The Balaban J connectivity index is 2.01. The Morgan fingerprint density at radius 1 is 1.22 bits per heavy atom. The fourth-order valence-electron chi connectivity index (χ4n) is 2.04. The van der Waals surface area contributed by atoms with Crippen LogP contribution in [0.5, 0.6) is 0 Å². The minimum absolute atomic E-state index is 0.0787. The minimum atomic E-state index is 0.0787. The van der Waals surface area contributed by atoms with Crippen LogP contribution in [-0.4, -0.2) is 20.8 Å². The van der Waals surface area contributed by atoms with Gasteiger partial charge < -0.3 is 5.73 Å². The van der Waals surface area contributed by atoms with Gasteiger partial charge in [-0.05, 0) is 37.0 Å². The van der Waals surface area contributed by atoms with Crippen LogP contribution in [0.2, 0.25) is 0 Å². The van der Waals surface area contributed by atoms with Crippen LogP contribution in [0.4, 0.5) is 0 Å². The van der Waals surface area contributed by atoms with Crippen molar-refractivity contribution in [2.75, 3.05) is 0 Å². The van der Waals surface area contributed by atoms with Crippen LogP contribution in [0.15, 0.2) is 24.5 Å². The van der Waals surface area contributed by atoms with Gasteiger partial charge in [-0.3, -0.25) is 4.68 Å². The van der Waals surface area contributed by atoms with E-state index in [0.717, 1.165) is 18.7 Å². The molecular formula is C14H20N4. The smallest absolute Gasteiger partial charge is 0.138 e. The topological polar surface area (TPSA) is 56.7 Å². The van der Waals surface area contributed by atoms with Gasteiger partial charge in [0.25, 0.3) is 0 Å². The summed E-state index contributed by atoms with van der Waals surface area (Å²) in [5.74, 6) is 0.936. The lowest BCUT2D eigenvalue weighted by Crippen LogP contribution is -2.27. The SMILES string of the molecule is Cc1ccc(CC(N)Cc2ncnn2C)cc1C. The molecule has 96 valence electrons. The van der Waals surface area contributed by atoms with Crippen molar-refractivity contribution >= 4 is 0 Å². The van der Waals surface area contributed by atoms with Gasteiger partial charge >= 0.3 is 0 Å². The third kappa shape index (κ3) is 2.96. The Kier molecular flexibility index (Phi) is 3.77. The maximum atomic E-state index is 6.17. The second-order valence-electron chi connectivity index (χ2n) is 4.89. The highest BCUT2D eigenvalue weighted by molar-refractivity contribution is 5.30. The van der Waals surface area contributed by atoms with Crippen LogP contribution in [0.1, 0.15) is 22.5 Å². The average molecular weight is 244 g/mol. The first-order chi connectivity index (χ1) is 8.56. The molecule has 4 nitrogen and oxygen atoms in total. The second kappa shape index (κ2) is 5.31. The molecule has 18 heavy (non-hydrogen) atoms. The van der Waals surface area contributed by atoms with Gasteiger partial charge in [-0.25, -0.2) is 4.98 Å². The third-order valence-electron chi connectivity index (χ3n) is 3.32. The van der Waals surface area contributed by atoms with Gasteiger partial charge in [0.2, 0.25) is 0 Å². The Morgan fingerprint density at radius 2 is 2.00 bits per heavy atom. The van der Waals surface area contributed by atoms with Crippen molar-refractivity contribution in [1.29, 1.82) is 0 Å². The monoisotopic (exact) mass is 244 g/mol. The summed E-state index contributed by atoms with van der Waals surface area (Å²) in [6, 6.07) is 6.60. The first kappa shape index (κ1) is 12.8. The highest BCUT2D eigenvalue weighted by Crippen LogP contribution is 2.12. The molecule has 1 heterocycles. The van der Waals surface area contributed by atoms with Gasteiger partial charge in [0.1, 0.15) is 12.2 Å². The van der Waals surface area contributed by atoms with Crippen molar-refractivity contribution in [2.45, 2.75) is 32.7 Å². The first-order valence-electron chi connectivity index (χ1n) is 6.21. The molecule has 1 aromatic carbocycles. The predicted octanol–water partition coefficient (Wildman–Crippen LogP) is 1.54. The summed E-state index contributed by atoms with van der Waals surface area (Å²) in [4.78, 5) is 4.20. The van der Waals surface area contributed by atoms with E-state index < -0.39 is 0 Å². The number of nitrogens with two attached hydrogens (primary N) is 1. The van der Waals surface area contributed by atoms with Crippen molar-refractivity contribution in [2.24, 2.45) is 12.8 Å². The summed E-state index contributed by atoms with van der Waals surface area (Å²) in [5.41, 5.74) is 10.1. The summed E-state index contributed by atoms with van der Waals surface area (Å²) in [7, 11) is 1.89. The van der Waals surface area contributed by atoms with E-state index in [4.69, 9.17) is 5.73 Å². The van der Waals surface area contributed by atoms with Crippen molar-refractivity contribution in [3.8, 4) is 0 Å². The number of rotatable bonds is 4. The maximum absolute atomic E-state index is 6.17. The van der Waals surface area contributed by atoms with Gasteiger partial charge in [-0.2, -0.15) is 5.10 Å². The summed E-state index contributed by atoms with van der Waals surface area (Å²) in [6.45, 7) is 4.26. The average Bonchev–Trinajstić information content (AvgIpc) is 2.70. The zero-order chi connectivity index (χ0) is 13.1. The normalized spacial score (nSPS) is 12.7. The summed E-state index contributed by atoms with van der Waals surface area (Å²) in [5, 5.41) is 4.05. The first-order valence-corrected chi connectivity index (χ1v) is 6.21. The zero-order valence-corrected chi connectivity index (χ0v) is 11.2. The van der Waals surface area contributed by atoms with Crippen LogP contribution in [0, 0.1) is 13.8 Å². The lowest BCUT2D eigenvalue weighted by Gasteiger charge is -2.12. The molecule has 1 unspecified atom stereocenters. The van der Waals surface area contributed by atoms with Gasteiger partial charge in [-0.1, -0.05) is 18.2 Å². The van der Waals surface area contributed by atoms with Gasteiger partial charge in [0, 0.05) is 19.5 Å². The van der Waals surface area contributed by atoms with E-state index in [1.54, 1.807) is 11.0 Å². The summed E-state index contributed by atoms with van der Waals surface area (Å²) < 4.78 is 1.78. The molecular weight excluding hydrogens is 224 g/mol. The van der Waals surface area contributed by atoms with E-state index in [1.165, 1.54) is 16.7 Å². The van der Waals surface area contributed by atoms with E-state index in [0.29, 0.717) is 0 Å². The van der Waals surface area contributed by atoms with Crippen LogP contribution in [0.25, 0.3) is 0 Å². The largest absolute Gasteiger partial charge is 0.327 e. The van der Waals surface area contributed by atoms with Gasteiger partial charge in [-0.15, -0.1) is 0 Å². The minimum Gasteiger partial charge on any atom is -0.327 e. The van der Waals surface area contributed by atoms with Gasteiger partial charge in [0.15, 0.2) is 0 Å². The van der Waals surface area contributed by atoms with Crippen LogP contribution in [-0.2, 0) is 19.9 Å². The lowest BCUT2D eigenvalue weighted by atomic mass is 10.00. The number of hydrogen-bond donors (Lipinski definition) is 1. The predicted molar refractivity (Wildman–Crippen MR) is 72.3 cm³/mol. The molecule has 0 radical (unpaired) electrons. The Hall–Kier alpha value is -1.68. The molecule has 0 aliphatic rings. The van der Waals surface area contributed by atoms with E-state index in [9.17, 15) is 0 Å². The Morgan fingerprint density at radius 3 is 2.61 bits per heavy atom. The Labute approximate surface area is 108 Å². The molecule has 0 saturated heterocycles. The highest BCUT2D eigenvalue weighted by atomic mass is 15.3. The van der Waals surface area contributed by atoms with Crippen LogP contribution >= 0.6 is 0 Å². The van der Waals surface area contributed by atoms with Crippen molar-refractivity contribution in [3.05, 3.63) is 47.0 Å². The molecule has 1 aromatic heterocycles. The third-order valence-corrected chi connectivity index (χ3v) is 3.32. The number of aromatic nitrogens is 3. The van der Waals surface area contributed by atoms with Crippen molar-refractivity contribution < 1.29 is 0 Å². The highest BCUT2D eigenvalue weighted by Gasteiger charge is 2.09. The molecule has 2 N–H and O–H groups in total. The fraction of sp³-hybridized carbons (Fsp3) is 0.429. The zero-order valence-electron chi connectivity index (χ0n) is 11.2. The molecule has 2 rings (SSSR count).